The van der Waals surface area contributed by atoms with Gasteiger partial charge in [-0.1, -0.05) is 7.55 Å². The predicted molar refractivity (Wildman–Crippen MR) is 20.5 cm³/mol. The van der Waals surface area contributed by atoms with E-state index in [0.29, 0.717) is 0 Å². The zero-order valence-corrected chi connectivity index (χ0v) is 2.60. The van der Waals surface area contributed by atoms with Crippen LogP contribution in [0.1, 0.15) is 0 Å². The lowest BCUT2D eigenvalue weighted by Crippen LogP contribution is -2.24. The molecule has 1 heterocycles. The van der Waals surface area contributed by atoms with Gasteiger partial charge in [-0.15, -0.1) is 0 Å². The van der Waals surface area contributed by atoms with Crippen LogP contribution >= 0.6 is 0 Å². The largest absolute Gasteiger partial charge is 0.545 e. The van der Waals surface area contributed by atoms with E-state index in [9.17, 15) is 0 Å². The van der Waals surface area contributed by atoms with Crippen molar-refractivity contribution in [1.82, 2.24) is 10.8 Å². The van der Waals surface area contributed by atoms with Crippen molar-refractivity contribution in [3.8, 4) is 0 Å². The Bertz CT molecular complexity index is 44.9. The maximum atomic E-state index is 3.61. The molecule has 26 valence electrons. The lowest BCUT2D eigenvalue weighted by Gasteiger charge is -1.96. The van der Waals surface area contributed by atoms with E-state index in [1.54, 1.807) is 13.9 Å². The summed E-state index contributed by atoms with van der Waals surface area (Å²) in [5, 5.41) is 2.62. The Hall–Kier alpha value is -0.505. The van der Waals surface area contributed by atoms with Crippen LogP contribution in [0.2, 0.25) is 0 Å². The summed E-state index contributed by atoms with van der Waals surface area (Å²) in [5.74, 6) is 0. The molecule has 0 amide bonds. The molecule has 2 N–H and O–H groups in total. The fourth-order valence-corrected chi connectivity index (χ4v) is 0.186. The Labute approximate surface area is 30.7 Å². The fraction of sp³-hybridized carbons (Fsp3) is 0. The molecule has 0 spiro atoms. The first-order chi connectivity index (χ1) is 2.50. The molecule has 0 fully saturated rings. The average Bonchev–Trinajstić information content (AvgIpc) is 1.76. The first kappa shape index (κ1) is 2.72. The van der Waals surface area contributed by atoms with Crippen molar-refractivity contribution in [1.29, 1.82) is 0 Å². The summed E-state index contributed by atoms with van der Waals surface area (Å²) >= 11 is 0. The summed E-state index contributed by atoms with van der Waals surface area (Å²) in [6, 6.07) is 0. The maximum absolute atomic E-state index is 3.61. The minimum Gasteiger partial charge on any atom is -0.545 e. The van der Waals surface area contributed by atoms with Crippen molar-refractivity contribution in [3.05, 3.63) is 0 Å². The van der Waals surface area contributed by atoms with Crippen LogP contribution in [0, 0.1) is 0 Å². The maximum Gasteiger partial charge on any atom is 0.0440 e. The average molecular weight is 67.9 g/mol. The predicted octanol–water partition coefficient (Wildman–Crippen LogP) is -1.34. The Morgan fingerprint density at radius 3 is 3.00 bits per heavy atom. The molecule has 1 rings (SSSR count). The molecule has 0 aliphatic carbocycles. The van der Waals surface area contributed by atoms with Gasteiger partial charge in [0.1, 0.15) is 0 Å². The smallest absolute Gasteiger partial charge is 0.0440 e. The van der Waals surface area contributed by atoms with Gasteiger partial charge >= 0.3 is 0 Å². The van der Waals surface area contributed by atoms with Crippen LogP contribution in [0.5, 0.6) is 0 Å². The fourth-order valence-electron chi connectivity index (χ4n) is 0.186. The van der Waals surface area contributed by atoms with Crippen LogP contribution in [0.4, 0.5) is 0 Å². The minimum atomic E-state index is 1.57. The second-order valence-corrected chi connectivity index (χ2v) is 0.696. The van der Waals surface area contributed by atoms with Crippen molar-refractivity contribution in [2.75, 3.05) is 0 Å². The molecule has 0 aromatic carbocycles. The van der Waals surface area contributed by atoms with Crippen molar-refractivity contribution >= 4 is 13.9 Å². The molecule has 3 nitrogen and oxygen atoms in total. The van der Waals surface area contributed by atoms with E-state index in [4.69, 9.17) is 0 Å². The molecular weight excluding hydrogens is 64.8 g/mol. The van der Waals surface area contributed by atoms with Gasteiger partial charge in [0.2, 0.25) is 0 Å². The molecule has 1 aliphatic rings. The number of hydrogen-bond donors (Lipinski definition) is 2. The molecule has 0 atom stereocenters. The van der Waals surface area contributed by atoms with Gasteiger partial charge in [-0.05, 0) is 0 Å². The van der Waals surface area contributed by atoms with Crippen LogP contribution < -0.4 is 10.8 Å². The minimum absolute atomic E-state index is 1.57. The monoisotopic (exact) mass is 68.0 g/mol. The second-order valence-electron chi connectivity index (χ2n) is 0.696. The molecule has 0 unspecified atom stereocenters. The van der Waals surface area contributed by atoms with E-state index in [0.717, 1.165) is 0 Å². The molecule has 4 heteroatoms. The number of hydrogen-bond acceptors (Lipinski definition) is 3. The van der Waals surface area contributed by atoms with Crippen molar-refractivity contribution in [2.45, 2.75) is 0 Å². The van der Waals surface area contributed by atoms with Crippen LogP contribution in [-0.4, -0.2) is 13.9 Å². The van der Waals surface area contributed by atoms with Gasteiger partial charge in [-0.25, -0.2) is 0 Å². The summed E-state index contributed by atoms with van der Waals surface area (Å²) < 4.78 is 0. The molecule has 0 aromatic heterocycles. The first-order valence-electron chi connectivity index (χ1n) is 1.34. The molecule has 0 saturated carbocycles. The van der Waals surface area contributed by atoms with E-state index in [2.05, 4.69) is 15.7 Å². The van der Waals surface area contributed by atoms with E-state index < -0.39 is 0 Å². The Kier molecular flexibility index (Phi) is 0.585. The first-order valence-corrected chi connectivity index (χ1v) is 1.34. The van der Waals surface area contributed by atoms with Gasteiger partial charge in [0.15, 0.2) is 0 Å². The van der Waals surface area contributed by atoms with E-state index in [-0.39, 0.29) is 0 Å². The van der Waals surface area contributed by atoms with Gasteiger partial charge in [-0.3, -0.25) is 0 Å². The summed E-state index contributed by atoms with van der Waals surface area (Å²) in [7, 11) is 1.57. The van der Waals surface area contributed by atoms with Crippen LogP contribution in [0.3, 0.4) is 0 Å². The number of rotatable bonds is 0. The summed E-state index contributed by atoms with van der Waals surface area (Å²) in [4.78, 5) is 3.61. The molecule has 2 radical (unpaired) electrons. The highest BCUT2D eigenvalue weighted by molar-refractivity contribution is 6.33. The Balaban J connectivity index is 2.32. The van der Waals surface area contributed by atoms with E-state index in [1.165, 1.54) is 0 Å². The molecule has 0 saturated heterocycles. The normalized spacial score (nSPS) is 19.2. The lowest BCUT2D eigenvalue weighted by atomic mass is 10.3. The van der Waals surface area contributed by atoms with Gasteiger partial charge in [0.05, 0.1) is 0 Å². The quantitative estimate of drug-likeness (QED) is 0.344. The third kappa shape index (κ3) is 0.387. The molecule has 5 heavy (non-hydrogen) atoms. The summed E-state index contributed by atoms with van der Waals surface area (Å²) in [6.07, 6.45) is 1.57. The molecule has 0 aromatic rings. The lowest BCUT2D eigenvalue weighted by molar-refractivity contribution is 0.946. The van der Waals surface area contributed by atoms with Crippen LogP contribution in [0.15, 0.2) is 4.90 Å². The molecule has 1 aliphatic heterocycles. The third-order valence-electron chi connectivity index (χ3n) is 0.362. The topological polar surface area (TPSA) is 36.4 Å². The third-order valence-corrected chi connectivity index (χ3v) is 0.362. The van der Waals surface area contributed by atoms with Gasteiger partial charge in [0.25, 0.3) is 0 Å². The number of nitrogens with one attached hydrogen (secondary N) is 2. The highest BCUT2D eigenvalue weighted by Gasteiger charge is 1.63. The number of nitrogens with zero attached hydrogens (tertiary/aromatic N) is 1. The Morgan fingerprint density at radius 2 is 2.80 bits per heavy atom. The number of hydrazine groups is 1. The molecule has 0 bridgehead atoms. The second kappa shape index (κ2) is 1.08. The summed E-state index contributed by atoms with van der Waals surface area (Å²) in [5.41, 5.74) is 2.62. The Morgan fingerprint density at radius 1 is 1.80 bits per heavy atom. The SMILES string of the molecule is [B-]1N=CNN1. The standard InChI is InChI=1S/CH3BN3/c1-3-2-5-4-1/h1,5H,(H,3,4)/q-1. The van der Waals surface area contributed by atoms with Crippen LogP contribution in [0.25, 0.3) is 0 Å². The molecular formula is CH3BN3-. The highest BCUT2D eigenvalue weighted by atomic mass is 15.4. The van der Waals surface area contributed by atoms with Gasteiger partial charge < -0.3 is 15.7 Å². The zero-order chi connectivity index (χ0) is 3.54. The highest BCUT2D eigenvalue weighted by Crippen LogP contribution is 1.55. The zero-order valence-electron chi connectivity index (χ0n) is 2.60. The van der Waals surface area contributed by atoms with Crippen molar-refractivity contribution in [3.63, 3.8) is 0 Å². The van der Waals surface area contributed by atoms with E-state index in [1.807, 2.05) is 0 Å². The summed E-state index contributed by atoms with van der Waals surface area (Å²) in [6.45, 7) is 0. The van der Waals surface area contributed by atoms with Gasteiger partial charge in [0, 0.05) is 6.34 Å². The van der Waals surface area contributed by atoms with E-state index >= 15 is 0 Å². The van der Waals surface area contributed by atoms with Crippen LogP contribution in [-0.2, 0) is 0 Å². The van der Waals surface area contributed by atoms with Crippen molar-refractivity contribution < 1.29 is 0 Å². The van der Waals surface area contributed by atoms with Crippen molar-refractivity contribution in [2.24, 2.45) is 4.90 Å². The van der Waals surface area contributed by atoms with Gasteiger partial charge in [-0.2, -0.15) is 0 Å².